The zero-order valence-corrected chi connectivity index (χ0v) is 39.2. The molecule has 1 fully saturated rings. The molecule has 1 saturated heterocycles. The number of piperazine rings is 1. The van der Waals surface area contributed by atoms with Crippen LogP contribution in [0.5, 0.6) is 0 Å². The number of rotatable bonds is 18. The number of nitrogens with zero attached hydrogens (tertiary/aromatic N) is 3. The van der Waals surface area contributed by atoms with Crippen molar-refractivity contribution in [3.8, 4) is 22.4 Å². The number of carbonyl (C=O) groups excluding carboxylic acids is 1. The summed E-state index contributed by atoms with van der Waals surface area (Å²) < 4.78 is 77.3. The molecule has 0 unspecified atom stereocenters. The van der Waals surface area contributed by atoms with Crippen LogP contribution in [-0.4, -0.2) is 80.6 Å². The van der Waals surface area contributed by atoms with Crippen molar-refractivity contribution in [3.05, 3.63) is 138 Å². The van der Waals surface area contributed by atoms with Gasteiger partial charge in [-0.2, -0.15) is 13.2 Å². The fourth-order valence-corrected chi connectivity index (χ4v) is 10.4. The molecule has 3 N–H and O–H groups in total. The third-order valence-corrected chi connectivity index (χ3v) is 14.6. The largest absolute Gasteiger partial charge is 0.501 e. The summed E-state index contributed by atoms with van der Waals surface area (Å²) in [6.07, 6.45) is -0.308. The minimum absolute atomic E-state index is 0.116. The summed E-state index contributed by atoms with van der Waals surface area (Å²) in [6.45, 7) is 7.22. The number of carboxylic acids is 1. The van der Waals surface area contributed by atoms with E-state index in [2.05, 4.69) is 30.5 Å². The first kappa shape index (κ1) is 48.2. The molecule has 0 radical (unpaired) electrons. The predicted molar refractivity (Wildman–Crippen MR) is 259 cm³/mol. The molecular weight excluding hydrogens is 931 g/mol. The maximum atomic E-state index is 13.8. The van der Waals surface area contributed by atoms with E-state index in [1.807, 2.05) is 98.8 Å². The number of carbonyl (C=O) groups is 2. The number of hydrogen-bond donors (Lipinski definition) is 3. The number of alkyl halides is 3. The van der Waals surface area contributed by atoms with Crippen LogP contribution in [0, 0.1) is 6.92 Å². The Bertz CT molecular complexity index is 2770. The van der Waals surface area contributed by atoms with Crippen LogP contribution in [0.4, 0.5) is 35.9 Å². The average molecular weight is 979 g/mol. The number of esters is 1. The van der Waals surface area contributed by atoms with E-state index in [0.29, 0.717) is 66.0 Å². The highest BCUT2D eigenvalue weighted by molar-refractivity contribution is 8.00. The zero-order chi connectivity index (χ0) is 47.0. The quantitative estimate of drug-likeness (QED) is 0.0328. The van der Waals surface area contributed by atoms with Crippen molar-refractivity contribution >= 4 is 79.8 Å². The van der Waals surface area contributed by atoms with Crippen LogP contribution >= 0.6 is 35.3 Å². The molecule has 5 aromatic carbocycles. The monoisotopic (exact) mass is 977 g/mol. The van der Waals surface area contributed by atoms with E-state index in [1.54, 1.807) is 18.2 Å². The number of hydrogen-bond acceptors (Lipinski definition) is 11. The minimum atomic E-state index is -5.64. The summed E-state index contributed by atoms with van der Waals surface area (Å²) >= 11 is 8.78. The van der Waals surface area contributed by atoms with Crippen molar-refractivity contribution < 1.29 is 41.0 Å². The van der Waals surface area contributed by atoms with E-state index < -0.39 is 32.2 Å². The molecule has 0 saturated carbocycles. The lowest BCUT2D eigenvalue weighted by Crippen LogP contribution is -2.46. The van der Waals surface area contributed by atoms with Gasteiger partial charge in [-0.25, -0.2) is 13.2 Å². The summed E-state index contributed by atoms with van der Waals surface area (Å²) in [5, 5.41) is 12.6. The van der Waals surface area contributed by atoms with Gasteiger partial charge in [0.25, 0.3) is 9.84 Å². The molecule has 0 spiro atoms. The van der Waals surface area contributed by atoms with Crippen molar-refractivity contribution in [1.29, 1.82) is 0 Å². The molecule has 11 nitrogen and oxygen atoms in total. The SMILES string of the molecule is CCn1c(C)c(C(=O)OCCC(=O)O)c(-c2cccc(N3CCN(c4ccc(NSc5ccc(NCCSc6ccccc6)c(S(=O)(=O)C(F)(F)F)c5)cc4)CC3)c2)c1-c1ccc(Cl)cc1. The zero-order valence-electron chi connectivity index (χ0n) is 36.0. The normalized spacial score (nSPS) is 13.1. The van der Waals surface area contributed by atoms with E-state index in [9.17, 15) is 36.3 Å². The van der Waals surface area contributed by atoms with Crippen LogP contribution in [0.3, 0.4) is 0 Å². The number of ether oxygens (including phenoxy) is 1. The van der Waals surface area contributed by atoms with Crippen LogP contribution in [0.2, 0.25) is 5.02 Å². The summed E-state index contributed by atoms with van der Waals surface area (Å²) in [5.74, 6) is -1.15. The molecule has 6 aromatic rings. The Kier molecular flexibility index (Phi) is 15.5. The Balaban J connectivity index is 1.02. The van der Waals surface area contributed by atoms with Gasteiger partial charge in [-0.05, 0) is 116 Å². The number of carboxylic acid groups (broad SMARTS) is 1. The molecule has 0 bridgehead atoms. The summed E-state index contributed by atoms with van der Waals surface area (Å²) in [4.78, 5) is 29.9. The topological polar surface area (TPSA) is 133 Å². The third kappa shape index (κ3) is 11.3. The highest BCUT2D eigenvalue weighted by atomic mass is 35.5. The second-order valence-electron chi connectivity index (χ2n) is 15.2. The number of benzene rings is 5. The number of halogens is 4. The van der Waals surface area contributed by atoms with Crippen LogP contribution in [0.1, 0.15) is 29.4 Å². The first-order valence-corrected chi connectivity index (χ1v) is 24.7. The Morgan fingerprint density at radius 3 is 2.15 bits per heavy atom. The molecule has 1 aromatic heterocycles. The van der Waals surface area contributed by atoms with Crippen molar-refractivity contribution in [1.82, 2.24) is 4.57 Å². The second-order valence-corrected chi connectivity index (χ2v) is 19.6. The van der Waals surface area contributed by atoms with Crippen molar-refractivity contribution in [2.75, 3.05) is 64.9 Å². The van der Waals surface area contributed by atoms with E-state index >= 15 is 0 Å². The number of aromatic nitrogens is 1. The molecule has 346 valence electrons. The Labute approximate surface area is 395 Å². The molecule has 1 aliphatic heterocycles. The lowest BCUT2D eigenvalue weighted by Gasteiger charge is -2.37. The molecule has 0 aliphatic carbocycles. The average Bonchev–Trinajstić information content (AvgIpc) is 3.61. The fraction of sp³-hybridized carbons (Fsp3) is 0.250. The smallest absolute Gasteiger partial charge is 0.481 e. The maximum absolute atomic E-state index is 13.8. The minimum Gasteiger partial charge on any atom is -0.481 e. The molecule has 7 rings (SSSR count). The highest BCUT2D eigenvalue weighted by Crippen LogP contribution is 2.42. The number of sulfone groups is 1. The van der Waals surface area contributed by atoms with Crippen LogP contribution in [0.15, 0.2) is 136 Å². The Morgan fingerprint density at radius 1 is 0.818 bits per heavy atom. The molecule has 0 atom stereocenters. The van der Waals surface area contributed by atoms with Gasteiger partial charge in [0.15, 0.2) is 0 Å². The second kappa shape index (κ2) is 21.3. The van der Waals surface area contributed by atoms with Crippen LogP contribution in [0.25, 0.3) is 22.4 Å². The van der Waals surface area contributed by atoms with Gasteiger partial charge in [-0.1, -0.05) is 54.1 Å². The first-order chi connectivity index (χ1) is 31.6. The van der Waals surface area contributed by atoms with Crippen molar-refractivity contribution in [2.45, 2.75) is 47.0 Å². The molecule has 66 heavy (non-hydrogen) atoms. The first-order valence-electron chi connectivity index (χ1n) is 21.0. The highest BCUT2D eigenvalue weighted by Gasteiger charge is 2.48. The number of aliphatic carboxylic acids is 1. The predicted octanol–water partition coefficient (Wildman–Crippen LogP) is 11.4. The Hall–Kier alpha value is -5.75. The number of nitrogens with one attached hydrogen (secondary N) is 2. The van der Waals surface area contributed by atoms with E-state index in [4.69, 9.17) is 16.3 Å². The van der Waals surface area contributed by atoms with Gasteiger partial charge in [-0.3, -0.25) is 4.79 Å². The van der Waals surface area contributed by atoms with Gasteiger partial charge < -0.3 is 34.2 Å². The van der Waals surface area contributed by atoms with E-state index in [-0.39, 0.29) is 30.2 Å². The molecule has 2 heterocycles. The molecular formula is C48H47ClF3N5O6S3. The van der Waals surface area contributed by atoms with E-state index in [1.165, 1.54) is 17.8 Å². The lowest BCUT2D eigenvalue weighted by molar-refractivity contribution is -0.137. The number of thioether (sulfide) groups is 1. The van der Waals surface area contributed by atoms with Gasteiger partial charge in [0.2, 0.25) is 0 Å². The molecule has 0 amide bonds. The molecule has 18 heteroatoms. The summed E-state index contributed by atoms with van der Waals surface area (Å²) in [6, 6.07) is 36.5. The Morgan fingerprint density at radius 2 is 1.50 bits per heavy atom. The lowest BCUT2D eigenvalue weighted by atomic mass is 9.96. The van der Waals surface area contributed by atoms with Gasteiger partial charge >= 0.3 is 17.4 Å². The van der Waals surface area contributed by atoms with Gasteiger partial charge in [-0.15, -0.1) is 11.8 Å². The van der Waals surface area contributed by atoms with Crippen LogP contribution in [-0.2, 0) is 25.9 Å². The van der Waals surface area contributed by atoms with Gasteiger partial charge in [0.05, 0.1) is 23.4 Å². The van der Waals surface area contributed by atoms with Crippen molar-refractivity contribution in [3.63, 3.8) is 0 Å². The van der Waals surface area contributed by atoms with Gasteiger partial charge in [0, 0.05) is 88.2 Å². The standard InChI is InChI=1S/C48H47ClF3N5O6S3/c1-3-57-32(2)44(47(60)63-28-22-43(58)59)45(46(57)33-12-14-35(49)15-13-33)34-8-7-9-38(30-34)56-26-24-55(25-27-56)37-18-16-36(17-19-37)54-65-40-20-21-41(42(31-40)66(61,62)48(50,51)52)53-23-29-64-39-10-5-4-6-11-39/h4-21,30-31,53-54H,3,22-29H2,1-2H3,(H,58,59). The van der Waals surface area contributed by atoms with Gasteiger partial charge in [0.1, 0.15) is 11.5 Å². The van der Waals surface area contributed by atoms with E-state index in [0.717, 1.165) is 51.1 Å². The number of anilines is 4. The fourth-order valence-electron chi connectivity index (χ4n) is 7.74. The van der Waals surface area contributed by atoms with Crippen molar-refractivity contribution in [2.24, 2.45) is 0 Å². The molecule has 1 aliphatic rings. The summed E-state index contributed by atoms with van der Waals surface area (Å²) in [5.41, 5.74) is 1.30. The maximum Gasteiger partial charge on any atom is 0.501 e. The third-order valence-electron chi connectivity index (χ3n) is 11.0. The van der Waals surface area contributed by atoms with Crippen LogP contribution < -0.4 is 19.8 Å². The summed E-state index contributed by atoms with van der Waals surface area (Å²) in [7, 11) is -5.64.